The van der Waals surface area contributed by atoms with Crippen LogP contribution in [0, 0.1) is 0 Å². The standard InChI is InChI=1S/C19H27N3O4/c1-13(2)22(14-8-5-4-6-9-14)16(23)12-21-17(24)19(3,20-18(21)25)15-10-7-11-26-15/h7,10-11,13-14H,4-6,8-9,12H2,1-3H3,(H,20,25). The van der Waals surface area contributed by atoms with E-state index in [1.165, 1.54) is 12.7 Å². The highest BCUT2D eigenvalue weighted by Gasteiger charge is 2.51. The van der Waals surface area contributed by atoms with Gasteiger partial charge in [0.25, 0.3) is 5.91 Å². The molecule has 7 nitrogen and oxygen atoms in total. The van der Waals surface area contributed by atoms with E-state index in [1.807, 2.05) is 18.7 Å². The quantitative estimate of drug-likeness (QED) is 0.817. The van der Waals surface area contributed by atoms with Gasteiger partial charge in [0.05, 0.1) is 6.26 Å². The second-order valence-corrected chi connectivity index (χ2v) is 7.61. The molecule has 142 valence electrons. The Bertz CT molecular complexity index is 679. The molecule has 1 atom stereocenters. The highest BCUT2D eigenvalue weighted by Crippen LogP contribution is 2.30. The first-order valence-corrected chi connectivity index (χ1v) is 9.34. The van der Waals surface area contributed by atoms with Crippen molar-refractivity contribution >= 4 is 17.8 Å². The fraction of sp³-hybridized carbons (Fsp3) is 0.632. The third-order valence-electron chi connectivity index (χ3n) is 5.39. The Morgan fingerprint density at radius 3 is 2.62 bits per heavy atom. The zero-order chi connectivity index (χ0) is 18.9. The number of amides is 4. The molecule has 0 spiro atoms. The molecule has 0 bridgehead atoms. The molecule has 26 heavy (non-hydrogen) atoms. The number of nitrogens with one attached hydrogen (secondary N) is 1. The first kappa shape index (κ1) is 18.5. The van der Waals surface area contributed by atoms with E-state index in [9.17, 15) is 14.4 Å². The van der Waals surface area contributed by atoms with E-state index in [-0.39, 0.29) is 24.5 Å². The summed E-state index contributed by atoms with van der Waals surface area (Å²) in [5.74, 6) is -0.281. The van der Waals surface area contributed by atoms with Crippen LogP contribution in [0.2, 0.25) is 0 Å². The Kier molecular flexibility index (Phi) is 5.07. The Morgan fingerprint density at radius 1 is 1.35 bits per heavy atom. The van der Waals surface area contributed by atoms with E-state index < -0.39 is 17.5 Å². The van der Waals surface area contributed by atoms with Gasteiger partial charge in [-0.3, -0.25) is 14.5 Å². The summed E-state index contributed by atoms with van der Waals surface area (Å²) in [7, 11) is 0. The molecule has 1 N–H and O–H groups in total. The molecule has 3 rings (SSSR count). The summed E-state index contributed by atoms with van der Waals surface area (Å²) < 4.78 is 5.32. The average molecular weight is 361 g/mol. The van der Waals surface area contributed by atoms with Gasteiger partial charge in [-0.25, -0.2) is 4.79 Å². The molecule has 4 amide bonds. The van der Waals surface area contributed by atoms with Gasteiger partial charge < -0.3 is 14.6 Å². The second-order valence-electron chi connectivity index (χ2n) is 7.61. The second kappa shape index (κ2) is 7.13. The lowest BCUT2D eigenvalue weighted by Gasteiger charge is -2.38. The molecular formula is C19H27N3O4. The molecule has 1 saturated carbocycles. The van der Waals surface area contributed by atoms with Gasteiger partial charge in [0.2, 0.25) is 5.91 Å². The fourth-order valence-corrected chi connectivity index (χ4v) is 4.06. The number of furan rings is 1. The monoisotopic (exact) mass is 361 g/mol. The van der Waals surface area contributed by atoms with Crippen LogP contribution in [0.25, 0.3) is 0 Å². The van der Waals surface area contributed by atoms with Crippen molar-refractivity contribution in [3.63, 3.8) is 0 Å². The topological polar surface area (TPSA) is 82.9 Å². The summed E-state index contributed by atoms with van der Waals surface area (Å²) in [6.07, 6.45) is 6.84. The maximum atomic E-state index is 13.0. The van der Waals surface area contributed by atoms with Gasteiger partial charge in [-0.2, -0.15) is 0 Å². The minimum absolute atomic E-state index is 0.0304. The van der Waals surface area contributed by atoms with Crippen LogP contribution >= 0.6 is 0 Å². The molecule has 1 unspecified atom stereocenters. The van der Waals surface area contributed by atoms with Crippen LogP contribution in [0.15, 0.2) is 22.8 Å². The predicted molar refractivity (Wildman–Crippen MR) is 95.2 cm³/mol. The first-order chi connectivity index (χ1) is 12.3. The van der Waals surface area contributed by atoms with E-state index in [0.29, 0.717) is 5.76 Å². The molecular weight excluding hydrogens is 334 g/mol. The number of hydrogen-bond donors (Lipinski definition) is 1. The molecule has 1 aromatic heterocycles. The van der Waals surface area contributed by atoms with Gasteiger partial charge in [-0.15, -0.1) is 0 Å². The van der Waals surface area contributed by atoms with Crippen molar-refractivity contribution in [1.82, 2.24) is 15.1 Å². The Morgan fingerprint density at radius 2 is 2.04 bits per heavy atom. The van der Waals surface area contributed by atoms with Crippen LogP contribution < -0.4 is 5.32 Å². The SMILES string of the molecule is CC(C)N(C(=O)CN1C(=O)NC(C)(c2ccco2)C1=O)C1CCCCC1. The minimum atomic E-state index is -1.27. The highest BCUT2D eigenvalue weighted by molar-refractivity contribution is 6.08. The normalized spacial score (nSPS) is 24.2. The van der Waals surface area contributed by atoms with Gasteiger partial charge in [0.1, 0.15) is 12.3 Å². The summed E-state index contributed by atoms with van der Waals surface area (Å²) in [5.41, 5.74) is -1.27. The zero-order valence-corrected chi connectivity index (χ0v) is 15.7. The first-order valence-electron chi connectivity index (χ1n) is 9.34. The number of urea groups is 1. The summed E-state index contributed by atoms with van der Waals surface area (Å²) in [6, 6.07) is 2.97. The molecule has 2 fully saturated rings. The number of carbonyl (C=O) groups excluding carboxylic acids is 3. The largest absolute Gasteiger partial charge is 0.466 e. The lowest BCUT2D eigenvalue weighted by atomic mass is 9.93. The van der Waals surface area contributed by atoms with Crippen molar-refractivity contribution in [1.29, 1.82) is 0 Å². The van der Waals surface area contributed by atoms with Gasteiger partial charge >= 0.3 is 6.03 Å². The third-order valence-corrected chi connectivity index (χ3v) is 5.39. The third kappa shape index (κ3) is 3.22. The van der Waals surface area contributed by atoms with E-state index in [0.717, 1.165) is 30.6 Å². The molecule has 1 aliphatic carbocycles. The van der Waals surface area contributed by atoms with Crippen molar-refractivity contribution in [2.45, 2.75) is 70.5 Å². The number of imide groups is 1. The maximum Gasteiger partial charge on any atom is 0.325 e. The maximum absolute atomic E-state index is 13.0. The molecule has 0 aromatic carbocycles. The number of nitrogens with zero attached hydrogens (tertiary/aromatic N) is 2. The van der Waals surface area contributed by atoms with E-state index in [4.69, 9.17) is 4.42 Å². The summed E-state index contributed by atoms with van der Waals surface area (Å²) >= 11 is 0. The molecule has 7 heteroatoms. The van der Waals surface area contributed by atoms with E-state index >= 15 is 0 Å². The molecule has 2 heterocycles. The zero-order valence-electron chi connectivity index (χ0n) is 15.7. The molecule has 1 aromatic rings. The molecule has 0 radical (unpaired) electrons. The molecule has 1 saturated heterocycles. The summed E-state index contributed by atoms with van der Waals surface area (Å²) in [4.78, 5) is 41.0. The fourth-order valence-electron chi connectivity index (χ4n) is 4.06. The summed E-state index contributed by atoms with van der Waals surface area (Å²) in [6.45, 7) is 5.31. The van der Waals surface area contributed by atoms with Gasteiger partial charge in [-0.05, 0) is 45.7 Å². The lowest BCUT2D eigenvalue weighted by Crippen LogP contribution is -2.51. The average Bonchev–Trinajstić information content (AvgIpc) is 3.20. The van der Waals surface area contributed by atoms with Crippen molar-refractivity contribution < 1.29 is 18.8 Å². The van der Waals surface area contributed by atoms with Crippen LogP contribution in [0.5, 0.6) is 0 Å². The Balaban J connectivity index is 1.75. The Labute approximate surface area is 153 Å². The van der Waals surface area contributed by atoms with Crippen molar-refractivity contribution in [3.05, 3.63) is 24.2 Å². The number of carbonyl (C=O) groups is 3. The minimum Gasteiger partial charge on any atom is -0.466 e. The van der Waals surface area contributed by atoms with Gasteiger partial charge in [0.15, 0.2) is 5.54 Å². The predicted octanol–water partition coefficient (Wildman–Crippen LogP) is 2.62. The smallest absolute Gasteiger partial charge is 0.325 e. The van der Waals surface area contributed by atoms with Crippen molar-refractivity contribution in [3.8, 4) is 0 Å². The van der Waals surface area contributed by atoms with Crippen LogP contribution in [0.3, 0.4) is 0 Å². The number of hydrogen-bond acceptors (Lipinski definition) is 4. The van der Waals surface area contributed by atoms with Crippen LogP contribution in [-0.4, -0.2) is 46.3 Å². The van der Waals surface area contributed by atoms with Crippen LogP contribution in [-0.2, 0) is 15.1 Å². The van der Waals surface area contributed by atoms with Crippen molar-refractivity contribution in [2.75, 3.05) is 6.54 Å². The lowest BCUT2D eigenvalue weighted by molar-refractivity contribution is -0.142. The van der Waals surface area contributed by atoms with Crippen molar-refractivity contribution in [2.24, 2.45) is 0 Å². The van der Waals surface area contributed by atoms with Gasteiger partial charge in [0, 0.05) is 12.1 Å². The van der Waals surface area contributed by atoms with E-state index in [1.54, 1.807) is 19.1 Å². The van der Waals surface area contributed by atoms with E-state index in [2.05, 4.69) is 5.32 Å². The molecule has 1 aliphatic heterocycles. The van der Waals surface area contributed by atoms with Gasteiger partial charge in [-0.1, -0.05) is 19.3 Å². The summed E-state index contributed by atoms with van der Waals surface area (Å²) in [5, 5.41) is 2.66. The molecule has 2 aliphatic rings. The van der Waals surface area contributed by atoms with Crippen LogP contribution in [0.1, 0.15) is 58.6 Å². The van der Waals surface area contributed by atoms with Crippen LogP contribution in [0.4, 0.5) is 4.79 Å². The highest BCUT2D eigenvalue weighted by atomic mass is 16.3. The number of rotatable bonds is 5. The Hall–Kier alpha value is -2.31.